The van der Waals surface area contributed by atoms with Gasteiger partial charge in [0.15, 0.2) is 15.0 Å². The molecule has 2 aliphatic rings. The Morgan fingerprint density at radius 1 is 1.13 bits per heavy atom. The van der Waals surface area contributed by atoms with E-state index in [9.17, 15) is 17.6 Å². The van der Waals surface area contributed by atoms with Gasteiger partial charge in [0, 0.05) is 11.8 Å². The SMILES string of the molecule is COc1ccc(CN2C(=NC(=O)Cc3ccc(F)cc3)S[C@H]3CS(=O)(=O)C[C@H]32)cc1. The van der Waals surface area contributed by atoms with E-state index in [-0.39, 0.29) is 40.9 Å². The van der Waals surface area contributed by atoms with Crippen molar-refractivity contribution in [1.29, 1.82) is 0 Å². The number of methoxy groups -OCH3 is 1. The number of fused-ring (bicyclic) bond motifs is 1. The predicted octanol–water partition coefficient (Wildman–Crippen LogP) is 2.67. The second-order valence-corrected chi connectivity index (χ2v) is 10.7. The molecule has 2 atom stereocenters. The molecule has 9 heteroatoms. The maximum atomic E-state index is 13.1. The number of amidine groups is 1. The number of halogens is 1. The number of ether oxygens (including phenoxy) is 1. The maximum Gasteiger partial charge on any atom is 0.252 e. The van der Waals surface area contributed by atoms with Gasteiger partial charge in [0.1, 0.15) is 11.6 Å². The molecule has 0 spiro atoms. The summed E-state index contributed by atoms with van der Waals surface area (Å²) in [6.45, 7) is 0.455. The first-order valence-electron chi connectivity index (χ1n) is 9.45. The topological polar surface area (TPSA) is 76.0 Å². The monoisotopic (exact) mass is 448 g/mol. The Morgan fingerprint density at radius 3 is 2.47 bits per heavy atom. The molecule has 0 aromatic heterocycles. The fourth-order valence-corrected chi connectivity index (χ4v) is 7.64. The number of hydrogen-bond donors (Lipinski definition) is 0. The minimum atomic E-state index is -3.10. The molecular weight excluding hydrogens is 427 g/mol. The Labute approximate surface area is 179 Å². The van der Waals surface area contributed by atoms with Crippen LogP contribution in [0.1, 0.15) is 11.1 Å². The number of benzene rings is 2. The van der Waals surface area contributed by atoms with E-state index >= 15 is 0 Å². The largest absolute Gasteiger partial charge is 0.497 e. The number of amides is 1. The lowest BCUT2D eigenvalue weighted by molar-refractivity contribution is -0.117. The van der Waals surface area contributed by atoms with Crippen LogP contribution in [0.3, 0.4) is 0 Å². The van der Waals surface area contributed by atoms with Crippen LogP contribution in [0, 0.1) is 5.82 Å². The van der Waals surface area contributed by atoms with Gasteiger partial charge in [-0.2, -0.15) is 4.99 Å². The molecule has 2 heterocycles. The van der Waals surface area contributed by atoms with Crippen LogP contribution in [0.15, 0.2) is 53.5 Å². The fourth-order valence-electron chi connectivity index (χ4n) is 3.67. The van der Waals surface area contributed by atoms with Gasteiger partial charge in [-0.3, -0.25) is 4.79 Å². The third-order valence-electron chi connectivity index (χ3n) is 5.18. The van der Waals surface area contributed by atoms with Crippen molar-refractivity contribution in [2.75, 3.05) is 18.6 Å². The van der Waals surface area contributed by atoms with E-state index < -0.39 is 9.84 Å². The standard InChI is InChI=1S/C21H21FN2O4S2/c1-28-17-8-4-15(5-9-17)11-24-18-12-30(26,27)13-19(18)29-21(24)23-20(25)10-14-2-6-16(22)7-3-14/h2-9,18-19H,10-13H2,1H3/t18-,19+/m1/s1. The molecule has 0 saturated carbocycles. The molecule has 30 heavy (non-hydrogen) atoms. The zero-order chi connectivity index (χ0) is 21.3. The summed E-state index contributed by atoms with van der Waals surface area (Å²) in [6.07, 6.45) is 0.0638. The molecule has 2 aromatic rings. The number of rotatable bonds is 5. The van der Waals surface area contributed by atoms with Crippen LogP contribution < -0.4 is 4.74 Å². The summed E-state index contributed by atoms with van der Waals surface area (Å²) >= 11 is 1.35. The zero-order valence-corrected chi connectivity index (χ0v) is 18.0. The lowest BCUT2D eigenvalue weighted by atomic mass is 10.1. The van der Waals surface area contributed by atoms with E-state index in [0.29, 0.717) is 17.3 Å². The van der Waals surface area contributed by atoms with Gasteiger partial charge in [0.25, 0.3) is 5.91 Å². The molecular formula is C21H21FN2O4S2. The van der Waals surface area contributed by atoms with Crippen LogP contribution in [-0.4, -0.2) is 54.3 Å². The number of aliphatic imine (C=N–C) groups is 1. The minimum absolute atomic E-state index is 0.0615. The molecule has 4 rings (SSSR count). The number of sulfone groups is 1. The molecule has 0 radical (unpaired) electrons. The molecule has 0 bridgehead atoms. The highest BCUT2D eigenvalue weighted by Gasteiger charge is 2.48. The summed E-state index contributed by atoms with van der Waals surface area (Å²) < 4.78 is 42.5. The second kappa shape index (κ2) is 8.39. The molecule has 2 aromatic carbocycles. The molecule has 0 N–H and O–H groups in total. The minimum Gasteiger partial charge on any atom is -0.497 e. The molecule has 2 fully saturated rings. The summed E-state index contributed by atoms with van der Waals surface area (Å²) in [4.78, 5) is 18.7. The van der Waals surface area contributed by atoms with E-state index in [1.165, 1.54) is 23.9 Å². The van der Waals surface area contributed by atoms with Gasteiger partial charge in [-0.1, -0.05) is 36.0 Å². The van der Waals surface area contributed by atoms with E-state index in [2.05, 4.69) is 4.99 Å². The highest BCUT2D eigenvalue weighted by Crippen LogP contribution is 2.39. The Balaban J connectivity index is 1.55. The molecule has 0 unspecified atom stereocenters. The summed E-state index contributed by atoms with van der Waals surface area (Å²) in [7, 11) is -1.51. The fraction of sp³-hybridized carbons (Fsp3) is 0.333. The first kappa shape index (κ1) is 20.9. The predicted molar refractivity (Wildman–Crippen MR) is 115 cm³/mol. The van der Waals surface area contributed by atoms with Gasteiger partial charge in [-0.05, 0) is 35.4 Å². The van der Waals surface area contributed by atoms with Crippen LogP contribution >= 0.6 is 11.8 Å². The van der Waals surface area contributed by atoms with Gasteiger partial charge >= 0.3 is 0 Å². The zero-order valence-electron chi connectivity index (χ0n) is 16.3. The number of thioether (sulfide) groups is 1. The molecule has 0 aliphatic carbocycles. The van der Waals surface area contributed by atoms with E-state index in [1.54, 1.807) is 19.2 Å². The van der Waals surface area contributed by atoms with E-state index in [0.717, 1.165) is 11.3 Å². The smallest absolute Gasteiger partial charge is 0.252 e. The van der Waals surface area contributed by atoms with Crippen molar-refractivity contribution in [3.8, 4) is 5.75 Å². The lowest BCUT2D eigenvalue weighted by Gasteiger charge is -2.24. The van der Waals surface area contributed by atoms with Crippen molar-refractivity contribution in [1.82, 2.24) is 4.90 Å². The molecule has 158 valence electrons. The summed E-state index contributed by atoms with van der Waals surface area (Å²) in [6, 6.07) is 13.1. The van der Waals surface area contributed by atoms with Gasteiger partial charge in [-0.25, -0.2) is 12.8 Å². The molecule has 1 amide bonds. The van der Waals surface area contributed by atoms with Crippen molar-refractivity contribution in [3.63, 3.8) is 0 Å². The highest BCUT2D eigenvalue weighted by atomic mass is 32.2. The van der Waals surface area contributed by atoms with Gasteiger partial charge in [-0.15, -0.1) is 0 Å². The number of nitrogens with zero attached hydrogens (tertiary/aromatic N) is 2. The van der Waals surface area contributed by atoms with Crippen molar-refractivity contribution in [2.45, 2.75) is 24.3 Å². The number of carbonyl (C=O) groups excluding carboxylic acids is 1. The van der Waals surface area contributed by atoms with Crippen molar-refractivity contribution in [3.05, 3.63) is 65.5 Å². The Hall–Kier alpha value is -2.39. The van der Waals surface area contributed by atoms with E-state index in [4.69, 9.17) is 4.74 Å². The maximum absolute atomic E-state index is 13.1. The van der Waals surface area contributed by atoms with E-state index in [1.807, 2.05) is 29.2 Å². The van der Waals surface area contributed by atoms with Gasteiger partial charge in [0.05, 0.1) is 31.1 Å². The summed E-state index contributed by atoms with van der Waals surface area (Å²) in [5, 5.41) is 0.411. The van der Waals surface area contributed by atoms with Gasteiger partial charge in [0.2, 0.25) is 0 Å². The number of carbonyl (C=O) groups is 1. The third kappa shape index (κ3) is 4.67. The highest BCUT2D eigenvalue weighted by molar-refractivity contribution is 8.15. The average Bonchev–Trinajstić information content (AvgIpc) is 3.16. The lowest BCUT2D eigenvalue weighted by Crippen LogP contribution is -2.37. The Kier molecular flexibility index (Phi) is 5.84. The van der Waals surface area contributed by atoms with Crippen LogP contribution in [0.4, 0.5) is 4.39 Å². The van der Waals surface area contributed by atoms with Crippen LogP contribution in [0.5, 0.6) is 5.75 Å². The van der Waals surface area contributed by atoms with Crippen LogP contribution in [0.25, 0.3) is 0 Å². The summed E-state index contributed by atoms with van der Waals surface area (Å²) in [5.41, 5.74) is 1.65. The summed E-state index contributed by atoms with van der Waals surface area (Å²) in [5.74, 6) is 0.188. The average molecular weight is 449 g/mol. The Bertz CT molecular complexity index is 1070. The van der Waals surface area contributed by atoms with Crippen molar-refractivity contribution in [2.24, 2.45) is 4.99 Å². The quantitative estimate of drug-likeness (QED) is 0.700. The molecule has 2 aliphatic heterocycles. The molecule has 2 saturated heterocycles. The first-order chi connectivity index (χ1) is 14.3. The third-order valence-corrected chi connectivity index (χ3v) is 8.42. The second-order valence-electron chi connectivity index (χ2n) is 7.37. The van der Waals surface area contributed by atoms with Crippen LogP contribution in [0.2, 0.25) is 0 Å². The molecule has 6 nitrogen and oxygen atoms in total. The van der Waals surface area contributed by atoms with Gasteiger partial charge < -0.3 is 9.64 Å². The first-order valence-corrected chi connectivity index (χ1v) is 12.2. The van der Waals surface area contributed by atoms with Crippen LogP contribution in [-0.2, 0) is 27.6 Å². The number of hydrogen-bond acceptors (Lipinski definition) is 5. The van der Waals surface area contributed by atoms with Crippen molar-refractivity contribution < 1.29 is 22.3 Å². The van der Waals surface area contributed by atoms with Crippen molar-refractivity contribution >= 4 is 32.7 Å². The Morgan fingerprint density at radius 2 is 1.80 bits per heavy atom. The normalized spacial score (nSPS) is 23.5.